The number of nitrogens with one attached hydrogen (secondary N) is 1. The number of hydrogen-bond donors (Lipinski definition) is 1. The lowest BCUT2D eigenvalue weighted by molar-refractivity contribution is 0.340. The molecule has 1 N–H and O–H groups in total. The number of ether oxygens (including phenoxy) is 1. The number of benzene rings is 3. The number of hydrogen-bond acceptors (Lipinski definition) is 3. The Labute approximate surface area is 175 Å². The summed E-state index contributed by atoms with van der Waals surface area (Å²) in [5.74, 6) is 1.80. The van der Waals surface area contributed by atoms with Gasteiger partial charge in [-0.25, -0.2) is 4.98 Å². The molecule has 2 atom stereocenters. The Morgan fingerprint density at radius 2 is 1.72 bits per heavy atom. The van der Waals surface area contributed by atoms with E-state index in [-0.39, 0.29) is 12.1 Å². The van der Waals surface area contributed by atoms with Crippen LogP contribution in [0.3, 0.4) is 0 Å². The SMILES string of the molecule is CCOc1ccc([C@H]2C[C@H](c3ccc(Cl)cc3)Nc3nc4ccccc4n32)cc1. The van der Waals surface area contributed by atoms with Gasteiger partial charge in [0.25, 0.3) is 0 Å². The quantitative estimate of drug-likeness (QED) is 0.438. The molecule has 2 heterocycles. The summed E-state index contributed by atoms with van der Waals surface area (Å²) < 4.78 is 7.95. The summed E-state index contributed by atoms with van der Waals surface area (Å²) in [6.45, 7) is 2.67. The molecule has 1 aliphatic rings. The molecule has 4 nitrogen and oxygen atoms in total. The van der Waals surface area contributed by atoms with Gasteiger partial charge in [-0.1, -0.05) is 48.0 Å². The highest BCUT2D eigenvalue weighted by Gasteiger charge is 2.30. The first kappa shape index (κ1) is 18.1. The zero-order valence-corrected chi connectivity index (χ0v) is 16.9. The van der Waals surface area contributed by atoms with Crippen molar-refractivity contribution in [3.63, 3.8) is 0 Å². The highest BCUT2D eigenvalue weighted by molar-refractivity contribution is 6.30. The predicted octanol–water partition coefficient (Wildman–Crippen LogP) is 6.23. The monoisotopic (exact) mass is 403 g/mol. The average molecular weight is 404 g/mol. The Morgan fingerprint density at radius 1 is 1.00 bits per heavy atom. The van der Waals surface area contributed by atoms with Gasteiger partial charge < -0.3 is 14.6 Å². The second-order valence-corrected chi connectivity index (χ2v) is 7.73. The van der Waals surface area contributed by atoms with E-state index < -0.39 is 0 Å². The van der Waals surface area contributed by atoms with E-state index in [1.807, 2.05) is 25.1 Å². The van der Waals surface area contributed by atoms with E-state index in [1.54, 1.807) is 0 Å². The fourth-order valence-corrected chi connectivity index (χ4v) is 4.28. The summed E-state index contributed by atoms with van der Waals surface area (Å²) in [6, 6.07) is 25.1. The fraction of sp³-hybridized carbons (Fsp3) is 0.208. The molecule has 0 bridgehead atoms. The average Bonchev–Trinajstić information content (AvgIpc) is 3.13. The van der Waals surface area contributed by atoms with Crippen molar-refractivity contribution >= 4 is 28.6 Å². The molecular formula is C24H22ClN3O. The summed E-state index contributed by atoms with van der Waals surface area (Å²) in [4.78, 5) is 4.87. The molecule has 0 spiro atoms. The Hall–Kier alpha value is -2.98. The maximum absolute atomic E-state index is 6.10. The van der Waals surface area contributed by atoms with Crippen LogP contribution in [0.1, 0.15) is 36.6 Å². The topological polar surface area (TPSA) is 39.1 Å². The minimum absolute atomic E-state index is 0.160. The lowest BCUT2D eigenvalue weighted by Crippen LogP contribution is -2.27. The standard InChI is InChI=1S/C24H22ClN3O/c1-2-29-19-13-9-17(10-14-19)23-15-21(16-7-11-18(25)12-8-16)27-24-26-20-5-3-4-6-22(20)28(23)24/h3-14,21,23H,2,15H2,1H3,(H,26,27)/t21-,23-/m1/s1. The van der Waals surface area contributed by atoms with Crippen molar-refractivity contribution < 1.29 is 4.74 Å². The van der Waals surface area contributed by atoms with Gasteiger partial charge in [-0.15, -0.1) is 0 Å². The van der Waals surface area contributed by atoms with E-state index in [0.717, 1.165) is 34.2 Å². The molecule has 146 valence electrons. The summed E-state index contributed by atoms with van der Waals surface area (Å²) >= 11 is 6.10. The number of rotatable bonds is 4. The van der Waals surface area contributed by atoms with Gasteiger partial charge in [-0.3, -0.25) is 0 Å². The number of halogens is 1. The van der Waals surface area contributed by atoms with E-state index in [9.17, 15) is 0 Å². The van der Waals surface area contributed by atoms with Gasteiger partial charge in [0.15, 0.2) is 0 Å². The summed E-state index contributed by atoms with van der Waals surface area (Å²) in [6.07, 6.45) is 0.920. The first-order valence-corrected chi connectivity index (χ1v) is 10.3. The summed E-state index contributed by atoms with van der Waals surface area (Å²) in [5.41, 5.74) is 4.60. The Balaban J connectivity index is 1.60. The van der Waals surface area contributed by atoms with E-state index in [1.165, 1.54) is 11.1 Å². The molecule has 0 saturated carbocycles. The number of aromatic nitrogens is 2. The lowest BCUT2D eigenvalue weighted by atomic mass is 9.93. The fourth-order valence-electron chi connectivity index (χ4n) is 4.16. The summed E-state index contributed by atoms with van der Waals surface area (Å²) in [5, 5.41) is 4.39. The van der Waals surface area contributed by atoms with Crippen molar-refractivity contribution in [3.05, 3.63) is 88.9 Å². The summed E-state index contributed by atoms with van der Waals surface area (Å²) in [7, 11) is 0. The largest absolute Gasteiger partial charge is 0.494 e. The zero-order valence-electron chi connectivity index (χ0n) is 16.2. The third-order valence-electron chi connectivity index (χ3n) is 5.52. The normalized spacial score (nSPS) is 18.3. The third-order valence-corrected chi connectivity index (χ3v) is 5.77. The van der Waals surface area contributed by atoms with Crippen molar-refractivity contribution in [2.75, 3.05) is 11.9 Å². The molecule has 0 fully saturated rings. The van der Waals surface area contributed by atoms with Crippen LogP contribution in [0.25, 0.3) is 11.0 Å². The Bertz CT molecular complexity index is 1140. The van der Waals surface area contributed by atoms with Crippen LogP contribution in [0.5, 0.6) is 5.75 Å². The van der Waals surface area contributed by atoms with Gasteiger partial charge in [0, 0.05) is 5.02 Å². The maximum atomic E-state index is 6.10. The van der Waals surface area contributed by atoms with Gasteiger partial charge >= 0.3 is 0 Å². The molecule has 0 unspecified atom stereocenters. The van der Waals surface area contributed by atoms with Crippen molar-refractivity contribution in [1.29, 1.82) is 0 Å². The van der Waals surface area contributed by atoms with E-state index in [2.05, 4.69) is 64.5 Å². The molecule has 29 heavy (non-hydrogen) atoms. The molecule has 0 saturated heterocycles. The van der Waals surface area contributed by atoms with E-state index in [4.69, 9.17) is 21.3 Å². The second kappa shape index (κ2) is 7.45. The number of anilines is 1. The molecule has 1 aliphatic heterocycles. The van der Waals surface area contributed by atoms with Crippen LogP contribution < -0.4 is 10.1 Å². The molecule has 0 radical (unpaired) electrons. The minimum atomic E-state index is 0.160. The predicted molar refractivity (Wildman–Crippen MR) is 118 cm³/mol. The van der Waals surface area contributed by atoms with E-state index in [0.29, 0.717) is 6.61 Å². The van der Waals surface area contributed by atoms with Gasteiger partial charge in [0.2, 0.25) is 5.95 Å². The zero-order chi connectivity index (χ0) is 19.8. The molecule has 5 rings (SSSR count). The molecule has 3 aromatic carbocycles. The van der Waals surface area contributed by atoms with Crippen molar-refractivity contribution in [1.82, 2.24) is 9.55 Å². The van der Waals surface area contributed by atoms with Crippen LogP contribution in [0.15, 0.2) is 72.8 Å². The lowest BCUT2D eigenvalue weighted by Gasteiger charge is -2.33. The van der Waals surface area contributed by atoms with Crippen LogP contribution in [0, 0.1) is 0 Å². The van der Waals surface area contributed by atoms with Gasteiger partial charge in [0.05, 0.1) is 29.7 Å². The van der Waals surface area contributed by atoms with Crippen LogP contribution in [-0.4, -0.2) is 16.2 Å². The molecule has 0 amide bonds. The van der Waals surface area contributed by atoms with Crippen molar-refractivity contribution in [3.8, 4) is 5.75 Å². The maximum Gasteiger partial charge on any atom is 0.204 e. The molecule has 5 heteroatoms. The van der Waals surface area contributed by atoms with E-state index >= 15 is 0 Å². The van der Waals surface area contributed by atoms with Crippen LogP contribution >= 0.6 is 11.6 Å². The Kier molecular flexibility index (Phi) is 4.64. The van der Waals surface area contributed by atoms with Crippen molar-refractivity contribution in [2.24, 2.45) is 0 Å². The van der Waals surface area contributed by atoms with Crippen LogP contribution in [-0.2, 0) is 0 Å². The first-order chi connectivity index (χ1) is 14.2. The molecule has 4 aromatic rings. The molecule has 0 aliphatic carbocycles. The third kappa shape index (κ3) is 3.34. The number of nitrogens with zero attached hydrogens (tertiary/aromatic N) is 2. The smallest absolute Gasteiger partial charge is 0.204 e. The molecule has 1 aromatic heterocycles. The van der Waals surface area contributed by atoms with Crippen molar-refractivity contribution in [2.45, 2.75) is 25.4 Å². The highest BCUT2D eigenvalue weighted by atomic mass is 35.5. The first-order valence-electron chi connectivity index (χ1n) is 9.94. The highest BCUT2D eigenvalue weighted by Crippen LogP contribution is 2.41. The number of imidazole rings is 1. The van der Waals surface area contributed by atoms with Gasteiger partial charge in [-0.05, 0) is 60.9 Å². The van der Waals surface area contributed by atoms with Gasteiger partial charge in [-0.2, -0.15) is 0 Å². The number of fused-ring (bicyclic) bond motifs is 3. The number of para-hydroxylation sites is 2. The Morgan fingerprint density at radius 3 is 2.48 bits per heavy atom. The van der Waals surface area contributed by atoms with Gasteiger partial charge in [0.1, 0.15) is 5.75 Å². The van der Waals surface area contributed by atoms with Crippen LogP contribution in [0.4, 0.5) is 5.95 Å². The minimum Gasteiger partial charge on any atom is -0.494 e. The second-order valence-electron chi connectivity index (χ2n) is 7.30. The molecular weight excluding hydrogens is 382 g/mol. The van der Waals surface area contributed by atoms with Crippen LogP contribution in [0.2, 0.25) is 5.02 Å².